The monoisotopic (exact) mass is 512 g/mol. The highest BCUT2D eigenvalue weighted by Crippen LogP contribution is 2.08. The Morgan fingerprint density at radius 1 is 0.457 bits per heavy atom. The van der Waals surface area contributed by atoms with E-state index in [9.17, 15) is 4.79 Å². The van der Waals surface area contributed by atoms with E-state index < -0.39 is 5.60 Å². The van der Waals surface area contributed by atoms with Crippen molar-refractivity contribution in [3.05, 3.63) is 0 Å². The highest BCUT2D eigenvalue weighted by Gasteiger charge is 2.15. The first-order valence-electron chi connectivity index (χ1n) is 12.3. The molecule has 0 unspecified atom stereocenters. The van der Waals surface area contributed by atoms with Gasteiger partial charge < -0.3 is 47.4 Å². The van der Waals surface area contributed by atoms with Crippen molar-refractivity contribution < 1.29 is 52.2 Å². The standard InChI is InChI=1S/C24H48O11/c1-24(2,3)35-23(25)5-6-27-9-10-29-13-14-31-17-18-33-21-22-34-20-19-32-16-15-30-12-11-28-8-7-26-4/h5-22H2,1-4H3. The van der Waals surface area contributed by atoms with Crippen molar-refractivity contribution in [2.75, 3.05) is 119 Å². The Bertz CT molecular complexity index is 444. The molecule has 0 heterocycles. The molecule has 0 aliphatic heterocycles. The van der Waals surface area contributed by atoms with Crippen molar-refractivity contribution in [2.45, 2.75) is 32.8 Å². The number of hydrogen-bond acceptors (Lipinski definition) is 11. The molecule has 0 bridgehead atoms. The average Bonchev–Trinajstić information content (AvgIpc) is 2.80. The lowest BCUT2D eigenvalue weighted by Gasteiger charge is -2.19. The smallest absolute Gasteiger partial charge is 0.308 e. The molecule has 0 saturated carbocycles. The summed E-state index contributed by atoms with van der Waals surface area (Å²) in [6.07, 6.45) is 0.238. The maximum atomic E-state index is 11.5. The Kier molecular flexibility index (Phi) is 25.5. The lowest BCUT2D eigenvalue weighted by atomic mass is 10.2. The number of carbonyl (C=O) groups is 1. The summed E-state index contributed by atoms with van der Waals surface area (Å²) in [6, 6.07) is 0. The summed E-state index contributed by atoms with van der Waals surface area (Å²) in [4.78, 5) is 11.5. The fourth-order valence-corrected chi connectivity index (χ4v) is 2.33. The quantitative estimate of drug-likeness (QED) is 0.118. The molecule has 0 fully saturated rings. The highest BCUT2D eigenvalue weighted by molar-refractivity contribution is 5.69. The van der Waals surface area contributed by atoms with Gasteiger partial charge in [-0.1, -0.05) is 0 Å². The molecule has 0 aromatic rings. The van der Waals surface area contributed by atoms with Crippen molar-refractivity contribution in [1.29, 1.82) is 0 Å². The molecule has 0 amide bonds. The molecular formula is C24H48O11. The number of methoxy groups -OCH3 is 1. The number of rotatable bonds is 27. The molecule has 35 heavy (non-hydrogen) atoms. The number of ether oxygens (including phenoxy) is 10. The van der Waals surface area contributed by atoms with E-state index in [2.05, 4.69) is 0 Å². The zero-order chi connectivity index (χ0) is 25.9. The lowest BCUT2D eigenvalue weighted by Crippen LogP contribution is -2.24. The lowest BCUT2D eigenvalue weighted by molar-refractivity contribution is -0.156. The summed E-state index contributed by atoms with van der Waals surface area (Å²) in [5.41, 5.74) is -0.466. The van der Waals surface area contributed by atoms with Gasteiger partial charge in [-0.3, -0.25) is 4.79 Å². The molecule has 0 aromatic heterocycles. The van der Waals surface area contributed by atoms with Gasteiger partial charge in [0.2, 0.25) is 0 Å². The SMILES string of the molecule is COCCOCCOCCOCCOCCOCCOCCOCCOCCC(=O)OC(C)(C)C. The van der Waals surface area contributed by atoms with Gasteiger partial charge in [-0.25, -0.2) is 0 Å². The molecule has 0 spiro atoms. The van der Waals surface area contributed by atoms with Crippen molar-refractivity contribution in [1.82, 2.24) is 0 Å². The predicted molar refractivity (Wildman–Crippen MR) is 129 cm³/mol. The van der Waals surface area contributed by atoms with Crippen LogP contribution in [0.15, 0.2) is 0 Å². The van der Waals surface area contributed by atoms with Gasteiger partial charge in [-0.2, -0.15) is 0 Å². The molecule has 0 N–H and O–H groups in total. The number of esters is 1. The van der Waals surface area contributed by atoms with Gasteiger partial charge in [0.15, 0.2) is 0 Å². The Hall–Kier alpha value is -0.890. The van der Waals surface area contributed by atoms with Gasteiger partial charge >= 0.3 is 5.97 Å². The summed E-state index contributed by atoms with van der Waals surface area (Å²) < 4.78 is 53.2. The van der Waals surface area contributed by atoms with Gasteiger partial charge in [0.25, 0.3) is 0 Å². The molecule has 0 atom stereocenters. The third-order valence-corrected chi connectivity index (χ3v) is 3.91. The van der Waals surface area contributed by atoms with Gasteiger partial charge in [0.05, 0.1) is 119 Å². The van der Waals surface area contributed by atoms with Gasteiger partial charge in [-0.15, -0.1) is 0 Å². The van der Waals surface area contributed by atoms with Crippen LogP contribution in [0.5, 0.6) is 0 Å². The number of carbonyl (C=O) groups excluding carboxylic acids is 1. The van der Waals surface area contributed by atoms with Crippen molar-refractivity contribution in [3.63, 3.8) is 0 Å². The molecule has 0 saturated heterocycles. The number of hydrogen-bond donors (Lipinski definition) is 0. The zero-order valence-electron chi connectivity index (χ0n) is 22.2. The molecule has 0 aliphatic rings. The van der Waals surface area contributed by atoms with Crippen LogP contribution < -0.4 is 0 Å². The summed E-state index contributed by atoms with van der Waals surface area (Å²) in [5.74, 6) is -0.261. The third-order valence-electron chi connectivity index (χ3n) is 3.91. The topological polar surface area (TPSA) is 109 Å². The second kappa shape index (κ2) is 26.2. The fourth-order valence-electron chi connectivity index (χ4n) is 2.33. The van der Waals surface area contributed by atoms with Crippen molar-refractivity contribution >= 4 is 5.97 Å². The van der Waals surface area contributed by atoms with Crippen LogP contribution in [-0.2, 0) is 52.2 Å². The minimum atomic E-state index is -0.466. The maximum Gasteiger partial charge on any atom is 0.308 e. The molecule has 0 rings (SSSR count). The van der Waals surface area contributed by atoms with Crippen LogP contribution in [-0.4, -0.2) is 131 Å². The second-order valence-corrected chi connectivity index (χ2v) is 8.23. The van der Waals surface area contributed by atoms with Crippen LogP contribution in [0.2, 0.25) is 0 Å². The molecule has 11 heteroatoms. The average molecular weight is 513 g/mol. The first-order valence-corrected chi connectivity index (χ1v) is 12.3. The molecule has 0 aliphatic carbocycles. The Morgan fingerprint density at radius 3 is 0.971 bits per heavy atom. The summed E-state index contributed by atoms with van der Waals surface area (Å²) >= 11 is 0. The van der Waals surface area contributed by atoms with E-state index in [0.717, 1.165) is 0 Å². The molecule has 0 radical (unpaired) electrons. The van der Waals surface area contributed by atoms with E-state index in [1.54, 1.807) is 7.11 Å². The van der Waals surface area contributed by atoms with Crippen LogP contribution in [0.25, 0.3) is 0 Å². The van der Waals surface area contributed by atoms with Crippen LogP contribution in [0.3, 0.4) is 0 Å². The first kappa shape index (κ1) is 34.1. The minimum Gasteiger partial charge on any atom is -0.460 e. The van der Waals surface area contributed by atoms with E-state index in [1.807, 2.05) is 20.8 Å². The summed E-state index contributed by atoms with van der Waals surface area (Å²) in [7, 11) is 1.64. The van der Waals surface area contributed by atoms with E-state index in [-0.39, 0.29) is 12.4 Å². The molecule has 210 valence electrons. The second-order valence-electron chi connectivity index (χ2n) is 8.23. The van der Waals surface area contributed by atoms with E-state index in [0.29, 0.717) is 112 Å². The first-order chi connectivity index (χ1) is 17.0. The molecular weight excluding hydrogens is 464 g/mol. The van der Waals surface area contributed by atoms with Gasteiger partial charge in [-0.05, 0) is 20.8 Å². The molecule has 11 nitrogen and oxygen atoms in total. The largest absolute Gasteiger partial charge is 0.460 e. The Morgan fingerprint density at radius 2 is 0.714 bits per heavy atom. The minimum absolute atomic E-state index is 0.238. The normalized spacial score (nSPS) is 11.8. The van der Waals surface area contributed by atoms with E-state index in [1.165, 1.54) is 0 Å². The summed E-state index contributed by atoms with van der Waals surface area (Å²) in [5, 5.41) is 0. The van der Waals surface area contributed by atoms with Crippen molar-refractivity contribution in [3.8, 4) is 0 Å². The van der Waals surface area contributed by atoms with Gasteiger partial charge in [0, 0.05) is 7.11 Å². The summed E-state index contributed by atoms with van der Waals surface area (Å²) in [6.45, 7) is 14.1. The van der Waals surface area contributed by atoms with Crippen LogP contribution in [0.1, 0.15) is 27.2 Å². The van der Waals surface area contributed by atoms with E-state index in [4.69, 9.17) is 47.4 Å². The third kappa shape index (κ3) is 31.1. The van der Waals surface area contributed by atoms with E-state index >= 15 is 0 Å². The molecule has 0 aromatic carbocycles. The van der Waals surface area contributed by atoms with Crippen LogP contribution in [0, 0.1) is 0 Å². The fraction of sp³-hybridized carbons (Fsp3) is 0.958. The highest BCUT2D eigenvalue weighted by atomic mass is 16.6. The Labute approximate surface area is 210 Å². The van der Waals surface area contributed by atoms with Crippen LogP contribution >= 0.6 is 0 Å². The zero-order valence-corrected chi connectivity index (χ0v) is 22.2. The predicted octanol–water partition coefficient (Wildman–Crippen LogP) is 1.50. The van der Waals surface area contributed by atoms with Crippen molar-refractivity contribution in [2.24, 2.45) is 0 Å². The van der Waals surface area contributed by atoms with Crippen LogP contribution in [0.4, 0.5) is 0 Å². The Balaban J connectivity index is 3.09. The maximum absolute atomic E-state index is 11.5. The van der Waals surface area contributed by atoms with Gasteiger partial charge in [0.1, 0.15) is 5.60 Å².